The van der Waals surface area contributed by atoms with Crippen molar-refractivity contribution in [1.29, 1.82) is 0 Å². The first-order valence-corrected chi connectivity index (χ1v) is 7.46. The standard InChI is InChI=1S/C14H15N5OS/c1-9(2)19-7-10(17-8-19)5-16-13(20)14-18-11-6-15-4-3-12(11)21-14/h3-4,6-9H,5H2,1-2H3,(H,16,20). The van der Waals surface area contributed by atoms with Crippen molar-refractivity contribution in [3.63, 3.8) is 0 Å². The molecule has 3 aromatic heterocycles. The van der Waals surface area contributed by atoms with Gasteiger partial charge in [-0.15, -0.1) is 11.3 Å². The summed E-state index contributed by atoms with van der Waals surface area (Å²) in [5.74, 6) is -0.185. The van der Waals surface area contributed by atoms with Crippen LogP contribution in [0.4, 0.5) is 0 Å². The molecule has 0 aromatic carbocycles. The van der Waals surface area contributed by atoms with E-state index in [-0.39, 0.29) is 5.91 Å². The fourth-order valence-corrected chi connectivity index (χ4v) is 2.73. The van der Waals surface area contributed by atoms with Crippen LogP contribution < -0.4 is 5.32 Å². The molecule has 0 radical (unpaired) electrons. The molecular formula is C14H15N5OS. The van der Waals surface area contributed by atoms with E-state index in [4.69, 9.17) is 0 Å². The van der Waals surface area contributed by atoms with E-state index in [0.29, 0.717) is 17.6 Å². The van der Waals surface area contributed by atoms with E-state index in [1.165, 1.54) is 11.3 Å². The number of nitrogens with one attached hydrogen (secondary N) is 1. The van der Waals surface area contributed by atoms with E-state index in [0.717, 1.165) is 15.9 Å². The van der Waals surface area contributed by atoms with E-state index < -0.39 is 0 Å². The third-order valence-corrected chi connectivity index (χ3v) is 4.10. The molecular weight excluding hydrogens is 286 g/mol. The first-order chi connectivity index (χ1) is 10.1. The summed E-state index contributed by atoms with van der Waals surface area (Å²) in [7, 11) is 0. The molecule has 0 aliphatic carbocycles. The van der Waals surface area contributed by atoms with E-state index >= 15 is 0 Å². The van der Waals surface area contributed by atoms with Gasteiger partial charge in [0.1, 0.15) is 5.52 Å². The summed E-state index contributed by atoms with van der Waals surface area (Å²) < 4.78 is 2.96. The molecule has 108 valence electrons. The van der Waals surface area contributed by atoms with Gasteiger partial charge in [0.15, 0.2) is 5.01 Å². The monoisotopic (exact) mass is 301 g/mol. The summed E-state index contributed by atoms with van der Waals surface area (Å²) in [6, 6.07) is 2.22. The second kappa shape index (κ2) is 5.61. The minimum absolute atomic E-state index is 0.185. The smallest absolute Gasteiger partial charge is 0.280 e. The molecule has 7 heteroatoms. The Kier molecular flexibility index (Phi) is 3.66. The Morgan fingerprint density at radius 2 is 2.33 bits per heavy atom. The molecule has 6 nitrogen and oxygen atoms in total. The SMILES string of the molecule is CC(C)n1cnc(CNC(=O)c2nc3cnccc3s2)c1. The minimum atomic E-state index is -0.185. The maximum Gasteiger partial charge on any atom is 0.280 e. The van der Waals surface area contributed by atoms with Crippen LogP contribution in [0.25, 0.3) is 10.2 Å². The number of aromatic nitrogens is 4. The van der Waals surface area contributed by atoms with Crippen LogP contribution in [0.5, 0.6) is 0 Å². The highest BCUT2D eigenvalue weighted by molar-refractivity contribution is 7.20. The van der Waals surface area contributed by atoms with Crippen molar-refractivity contribution in [3.05, 3.63) is 41.7 Å². The third-order valence-electron chi connectivity index (χ3n) is 3.07. The van der Waals surface area contributed by atoms with E-state index in [1.54, 1.807) is 18.7 Å². The number of hydrogen-bond donors (Lipinski definition) is 1. The van der Waals surface area contributed by atoms with Gasteiger partial charge in [-0.25, -0.2) is 9.97 Å². The Hall–Kier alpha value is -2.28. The molecule has 1 amide bonds. The zero-order valence-corrected chi connectivity index (χ0v) is 12.6. The number of amides is 1. The largest absolute Gasteiger partial charge is 0.344 e. The van der Waals surface area contributed by atoms with Gasteiger partial charge in [0, 0.05) is 18.4 Å². The molecule has 0 unspecified atom stereocenters. The summed E-state index contributed by atoms with van der Waals surface area (Å²) in [5.41, 5.74) is 1.58. The molecule has 3 heterocycles. The van der Waals surface area contributed by atoms with Crippen LogP contribution in [0.1, 0.15) is 35.4 Å². The van der Waals surface area contributed by atoms with Gasteiger partial charge in [0.05, 0.1) is 29.5 Å². The van der Waals surface area contributed by atoms with Crippen molar-refractivity contribution >= 4 is 27.5 Å². The molecule has 0 aliphatic heterocycles. The summed E-state index contributed by atoms with van der Waals surface area (Å²) in [4.78, 5) is 24.7. The van der Waals surface area contributed by atoms with Crippen molar-refractivity contribution in [2.24, 2.45) is 0 Å². The number of thiazole rings is 1. The van der Waals surface area contributed by atoms with Crippen LogP contribution in [-0.2, 0) is 6.54 Å². The Morgan fingerprint density at radius 1 is 1.48 bits per heavy atom. The van der Waals surface area contributed by atoms with Crippen molar-refractivity contribution in [3.8, 4) is 0 Å². The van der Waals surface area contributed by atoms with Gasteiger partial charge in [-0.2, -0.15) is 0 Å². The molecule has 3 aromatic rings. The number of carbonyl (C=O) groups excluding carboxylic acids is 1. The molecule has 21 heavy (non-hydrogen) atoms. The van der Waals surface area contributed by atoms with Gasteiger partial charge in [0.2, 0.25) is 0 Å². The second-order valence-corrected chi connectivity index (χ2v) is 5.98. The van der Waals surface area contributed by atoms with Crippen molar-refractivity contribution in [2.45, 2.75) is 26.4 Å². The van der Waals surface area contributed by atoms with Crippen LogP contribution in [0.15, 0.2) is 31.0 Å². The quantitative estimate of drug-likeness (QED) is 0.803. The van der Waals surface area contributed by atoms with Crippen molar-refractivity contribution < 1.29 is 4.79 Å². The highest BCUT2D eigenvalue weighted by Gasteiger charge is 2.12. The molecule has 0 bridgehead atoms. The molecule has 3 rings (SSSR count). The van der Waals surface area contributed by atoms with E-state index in [9.17, 15) is 4.79 Å². The zero-order valence-electron chi connectivity index (χ0n) is 11.8. The predicted octanol–water partition coefficient (Wildman–Crippen LogP) is 2.40. The third kappa shape index (κ3) is 2.92. The lowest BCUT2D eigenvalue weighted by atomic mass is 10.4. The van der Waals surface area contributed by atoms with Crippen molar-refractivity contribution in [2.75, 3.05) is 0 Å². The molecule has 0 atom stereocenters. The molecule has 0 saturated heterocycles. The lowest BCUT2D eigenvalue weighted by Crippen LogP contribution is -2.22. The van der Waals surface area contributed by atoms with Gasteiger partial charge in [-0.1, -0.05) is 0 Å². The predicted molar refractivity (Wildman–Crippen MR) is 81.2 cm³/mol. The summed E-state index contributed by atoms with van der Waals surface area (Å²) in [6.07, 6.45) is 7.07. The number of imidazole rings is 1. The van der Waals surface area contributed by atoms with Gasteiger partial charge in [-0.3, -0.25) is 9.78 Å². The molecule has 1 N–H and O–H groups in total. The number of hydrogen-bond acceptors (Lipinski definition) is 5. The average Bonchev–Trinajstić information content (AvgIpc) is 3.11. The second-order valence-electron chi connectivity index (χ2n) is 4.95. The van der Waals surface area contributed by atoms with Crippen LogP contribution in [0.3, 0.4) is 0 Å². The molecule has 0 saturated carbocycles. The van der Waals surface area contributed by atoms with Crippen LogP contribution >= 0.6 is 11.3 Å². The zero-order chi connectivity index (χ0) is 14.8. The van der Waals surface area contributed by atoms with Gasteiger partial charge in [-0.05, 0) is 19.9 Å². The fourth-order valence-electron chi connectivity index (χ4n) is 1.88. The van der Waals surface area contributed by atoms with Gasteiger partial charge in [0.25, 0.3) is 5.91 Å². The maximum absolute atomic E-state index is 12.1. The Balaban J connectivity index is 1.68. The highest BCUT2D eigenvalue weighted by atomic mass is 32.1. The summed E-state index contributed by atoms with van der Waals surface area (Å²) in [5, 5.41) is 3.29. The van der Waals surface area contributed by atoms with Gasteiger partial charge < -0.3 is 9.88 Å². The first kappa shape index (κ1) is 13.7. The lowest BCUT2D eigenvalue weighted by Gasteiger charge is -2.04. The highest BCUT2D eigenvalue weighted by Crippen LogP contribution is 2.20. The summed E-state index contributed by atoms with van der Waals surface area (Å²) in [6.45, 7) is 4.56. The number of pyridine rings is 1. The maximum atomic E-state index is 12.1. The summed E-state index contributed by atoms with van der Waals surface area (Å²) >= 11 is 1.36. The molecule has 0 aliphatic rings. The van der Waals surface area contributed by atoms with Gasteiger partial charge >= 0.3 is 0 Å². The average molecular weight is 301 g/mol. The Bertz CT molecular complexity index is 743. The first-order valence-electron chi connectivity index (χ1n) is 6.64. The van der Waals surface area contributed by atoms with E-state index in [2.05, 4.69) is 34.1 Å². The minimum Gasteiger partial charge on any atom is -0.344 e. The topological polar surface area (TPSA) is 72.7 Å². The van der Waals surface area contributed by atoms with Crippen LogP contribution in [-0.4, -0.2) is 25.4 Å². The van der Waals surface area contributed by atoms with E-state index in [1.807, 2.05) is 16.8 Å². The molecule has 0 spiro atoms. The number of rotatable bonds is 4. The lowest BCUT2D eigenvalue weighted by molar-refractivity contribution is 0.0950. The Labute approximate surface area is 125 Å². The number of carbonyl (C=O) groups is 1. The fraction of sp³-hybridized carbons (Fsp3) is 0.286. The normalized spacial score (nSPS) is 11.2. The van der Waals surface area contributed by atoms with Crippen molar-refractivity contribution in [1.82, 2.24) is 24.8 Å². The number of nitrogens with zero attached hydrogens (tertiary/aromatic N) is 4. The van der Waals surface area contributed by atoms with Crippen LogP contribution in [0.2, 0.25) is 0 Å². The number of fused-ring (bicyclic) bond motifs is 1. The molecule has 0 fully saturated rings. The van der Waals surface area contributed by atoms with Crippen LogP contribution in [0, 0.1) is 0 Å². The Morgan fingerprint density at radius 3 is 3.05 bits per heavy atom.